The van der Waals surface area contributed by atoms with Crippen molar-refractivity contribution in [3.05, 3.63) is 57.9 Å². The van der Waals surface area contributed by atoms with Crippen molar-refractivity contribution < 1.29 is 0 Å². The number of aryl methyl sites for hydroxylation is 1. The number of aromatic nitrogens is 1. The molecule has 3 heteroatoms. The molecule has 0 saturated carbocycles. The van der Waals surface area contributed by atoms with E-state index >= 15 is 0 Å². The van der Waals surface area contributed by atoms with Crippen molar-refractivity contribution in [2.75, 3.05) is 13.1 Å². The Morgan fingerprint density at radius 2 is 1.73 bits per heavy atom. The summed E-state index contributed by atoms with van der Waals surface area (Å²) in [6, 6.07) is 12.2. The summed E-state index contributed by atoms with van der Waals surface area (Å²) >= 11 is 0. The Balaban J connectivity index is 2.25. The average Bonchev–Trinajstić information content (AvgIpc) is 2.55. The standard InChI is InChI=1S/C19H22N2O/c1-4-21(5-2)12-17-13(3)20-18-15-9-7-6-8-14(15)10-11-16(18)19(17)22/h6-11H,4-5,12H2,1-3H3,(H,20,22). The quantitative estimate of drug-likeness (QED) is 0.742. The number of rotatable bonds is 4. The van der Waals surface area contributed by atoms with Gasteiger partial charge in [0.2, 0.25) is 0 Å². The number of hydrogen-bond acceptors (Lipinski definition) is 2. The van der Waals surface area contributed by atoms with E-state index in [4.69, 9.17) is 0 Å². The second-order valence-electron chi connectivity index (χ2n) is 5.73. The SMILES string of the molecule is CCN(CC)Cc1c(C)[nH]c2c(ccc3ccccc32)c1=O. The van der Waals surface area contributed by atoms with Crippen molar-refractivity contribution in [2.45, 2.75) is 27.3 Å². The fraction of sp³-hybridized carbons (Fsp3) is 0.316. The van der Waals surface area contributed by atoms with Gasteiger partial charge in [0, 0.05) is 28.6 Å². The van der Waals surface area contributed by atoms with E-state index in [-0.39, 0.29) is 5.43 Å². The fourth-order valence-electron chi connectivity index (χ4n) is 3.05. The van der Waals surface area contributed by atoms with E-state index in [1.807, 2.05) is 31.2 Å². The Labute approximate surface area is 130 Å². The molecule has 2 aromatic carbocycles. The van der Waals surface area contributed by atoms with Crippen molar-refractivity contribution in [1.29, 1.82) is 0 Å². The summed E-state index contributed by atoms with van der Waals surface area (Å²) in [6.45, 7) is 8.86. The Bertz CT molecular complexity index is 876. The van der Waals surface area contributed by atoms with Gasteiger partial charge in [-0.1, -0.05) is 44.2 Å². The third-order valence-electron chi connectivity index (χ3n) is 4.49. The first-order valence-electron chi connectivity index (χ1n) is 7.91. The van der Waals surface area contributed by atoms with E-state index < -0.39 is 0 Å². The van der Waals surface area contributed by atoms with Crippen LogP contribution < -0.4 is 5.43 Å². The topological polar surface area (TPSA) is 36.1 Å². The lowest BCUT2D eigenvalue weighted by atomic mass is 10.0. The zero-order valence-corrected chi connectivity index (χ0v) is 13.4. The van der Waals surface area contributed by atoms with Crippen LogP contribution in [0.3, 0.4) is 0 Å². The highest BCUT2D eigenvalue weighted by Crippen LogP contribution is 2.23. The molecular formula is C19H22N2O. The molecule has 0 aliphatic heterocycles. The third-order valence-corrected chi connectivity index (χ3v) is 4.49. The molecule has 1 aromatic heterocycles. The van der Waals surface area contributed by atoms with Gasteiger partial charge >= 0.3 is 0 Å². The molecule has 0 atom stereocenters. The van der Waals surface area contributed by atoms with Gasteiger partial charge in [-0.3, -0.25) is 9.69 Å². The van der Waals surface area contributed by atoms with Gasteiger partial charge in [0.1, 0.15) is 0 Å². The number of hydrogen-bond donors (Lipinski definition) is 1. The molecule has 3 aromatic rings. The van der Waals surface area contributed by atoms with Crippen molar-refractivity contribution in [3.8, 4) is 0 Å². The van der Waals surface area contributed by atoms with Crippen LogP contribution in [0.2, 0.25) is 0 Å². The molecule has 1 heterocycles. The van der Waals surface area contributed by atoms with Gasteiger partial charge in [-0.05, 0) is 31.5 Å². The number of benzene rings is 2. The molecule has 114 valence electrons. The molecule has 3 rings (SSSR count). The third kappa shape index (κ3) is 2.42. The monoisotopic (exact) mass is 294 g/mol. The minimum Gasteiger partial charge on any atom is -0.358 e. The normalized spacial score (nSPS) is 11.6. The predicted octanol–water partition coefficient (Wildman–Crippen LogP) is 3.83. The summed E-state index contributed by atoms with van der Waals surface area (Å²) in [4.78, 5) is 18.7. The van der Waals surface area contributed by atoms with Gasteiger partial charge in [-0.2, -0.15) is 0 Å². The highest BCUT2D eigenvalue weighted by molar-refractivity contribution is 6.05. The molecule has 0 aliphatic carbocycles. The number of pyridine rings is 1. The van der Waals surface area contributed by atoms with Crippen LogP contribution in [-0.4, -0.2) is 23.0 Å². The Morgan fingerprint density at radius 3 is 2.45 bits per heavy atom. The number of aromatic amines is 1. The van der Waals surface area contributed by atoms with Crippen LogP contribution in [0.5, 0.6) is 0 Å². The summed E-state index contributed by atoms with van der Waals surface area (Å²) in [7, 11) is 0. The summed E-state index contributed by atoms with van der Waals surface area (Å²) in [5, 5.41) is 3.04. The maximum atomic E-state index is 12.9. The van der Waals surface area contributed by atoms with E-state index in [1.54, 1.807) is 0 Å². The highest BCUT2D eigenvalue weighted by Gasteiger charge is 2.13. The minimum absolute atomic E-state index is 0.156. The molecule has 3 nitrogen and oxygen atoms in total. The van der Waals surface area contributed by atoms with E-state index in [2.05, 4.69) is 35.9 Å². The van der Waals surface area contributed by atoms with Crippen LogP contribution in [0.15, 0.2) is 41.2 Å². The molecule has 0 amide bonds. The molecule has 22 heavy (non-hydrogen) atoms. The molecule has 0 spiro atoms. The summed E-state index contributed by atoms with van der Waals surface area (Å²) in [6.07, 6.45) is 0. The second kappa shape index (κ2) is 5.93. The lowest BCUT2D eigenvalue weighted by molar-refractivity contribution is 0.294. The van der Waals surface area contributed by atoms with E-state index in [0.29, 0.717) is 6.54 Å². The van der Waals surface area contributed by atoms with Crippen molar-refractivity contribution in [2.24, 2.45) is 0 Å². The largest absolute Gasteiger partial charge is 0.358 e. The highest BCUT2D eigenvalue weighted by atomic mass is 16.1. The molecular weight excluding hydrogens is 272 g/mol. The van der Waals surface area contributed by atoms with Crippen LogP contribution in [0, 0.1) is 6.92 Å². The molecule has 0 radical (unpaired) electrons. The fourth-order valence-corrected chi connectivity index (χ4v) is 3.05. The number of nitrogens with zero attached hydrogens (tertiary/aromatic N) is 1. The van der Waals surface area contributed by atoms with Crippen LogP contribution in [0.4, 0.5) is 0 Å². The molecule has 0 saturated heterocycles. The first kappa shape index (κ1) is 14.8. The first-order chi connectivity index (χ1) is 10.7. The van der Waals surface area contributed by atoms with Crippen molar-refractivity contribution in [1.82, 2.24) is 9.88 Å². The molecule has 1 N–H and O–H groups in total. The Hall–Kier alpha value is -2.13. The number of fused-ring (bicyclic) bond motifs is 3. The zero-order valence-electron chi connectivity index (χ0n) is 13.4. The van der Waals surface area contributed by atoms with Crippen LogP contribution >= 0.6 is 0 Å². The van der Waals surface area contributed by atoms with Gasteiger partial charge in [0.05, 0.1) is 5.52 Å². The number of nitrogens with one attached hydrogen (secondary N) is 1. The van der Waals surface area contributed by atoms with Crippen LogP contribution in [0.1, 0.15) is 25.1 Å². The van der Waals surface area contributed by atoms with Crippen LogP contribution in [0.25, 0.3) is 21.7 Å². The second-order valence-corrected chi connectivity index (χ2v) is 5.73. The Kier molecular flexibility index (Phi) is 3.99. The first-order valence-corrected chi connectivity index (χ1v) is 7.91. The molecule has 0 unspecified atom stereocenters. The Morgan fingerprint density at radius 1 is 1.00 bits per heavy atom. The lowest BCUT2D eigenvalue weighted by Crippen LogP contribution is -2.27. The average molecular weight is 294 g/mol. The zero-order chi connectivity index (χ0) is 15.7. The van der Waals surface area contributed by atoms with Crippen molar-refractivity contribution >= 4 is 21.7 Å². The molecule has 0 aliphatic rings. The summed E-state index contributed by atoms with van der Waals surface area (Å²) in [5.74, 6) is 0. The van der Waals surface area contributed by atoms with Gasteiger partial charge in [0.15, 0.2) is 5.43 Å². The number of H-pyrrole nitrogens is 1. The molecule has 0 bridgehead atoms. The van der Waals surface area contributed by atoms with Gasteiger partial charge < -0.3 is 4.98 Å². The van der Waals surface area contributed by atoms with E-state index in [0.717, 1.165) is 46.0 Å². The maximum absolute atomic E-state index is 12.9. The summed E-state index contributed by atoms with van der Waals surface area (Å²) < 4.78 is 0. The summed E-state index contributed by atoms with van der Waals surface area (Å²) in [5.41, 5.74) is 2.96. The smallest absolute Gasteiger partial charge is 0.194 e. The van der Waals surface area contributed by atoms with E-state index in [9.17, 15) is 4.79 Å². The maximum Gasteiger partial charge on any atom is 0.194 e. The van der Waals surface area contributed by atoms with Crippen LogP contribution in [-0.2, 0) is 6.54 Å². The minimum atomic E-state index is 0.156. The van der Waals surface area contributed by atoms with Gasteiger partial charge in [-0.15, -0.1) is 0 Å². The van der Waals surface area contributed by atoms with Gasteiger partial charge in [-0.25, -0.2) is 0 Å². The van der Waals surface area contributed by atoms with E-state index in [1.165, 1.54) is 0 Å². The predicted molar refractivity (Wildman–Crippen MR) is 93.4 cm³/mol. The molecule has 0 fully saturated rings. The van der Waals surface area contributed by atoms with Crippen molar-refractivity contribution in [3.63, 3.8) is 0 Å². The lowest BCUT2D eigenvalue weighted by Gasteiger charge is -2.19. The van der Waals surface area contributed by atoms with Gasteiger partial charge in [0.25, 0.3) is 0 Å².